The lowest BCUT2D eigenvalue weighted by molar-refractivity contribution is -0.384. The van der Waals surface area contributed by atoms with Crippen molar-refractivity contribution in [3.05, 3.63) is 58.0 Å². The van der Waals surface area contributed by atoms with Crippen LogP contribution in [0.25, 0.3) is 0 Å². The highest BCUT2D eigenvalue weighted by Gasteiger charge is 2.09. The highest BCUT2D eigenvalue weighted by Crippen LogP contribution is 2.25. The van der Waals surface area contributed by atoms with Crippen LogP contribution in [0.3, 0.4) is 0 Å². The Kier molecular flexibility index (Phi) is 3.86. The largest absolute Gasteiger partial charge is 0.478 e. The summed E-state index contributed by atoms with van der Waals surface area (Å²) in [6.07, 6.45) is 1.19. The molecule has 0 spiro atoms. The Balaban J connectivity index is 1.97. The van der Waals surface area contributed by atoms with Crippen LogP contribution in [-0.4, -0.2) is 16.0 Å². The molecule has 0 aliphatic heterocycles. The second-order valence-electron chi connectivity index (χ2n) is 3.65. The molecule has 0 saturated heterocycles. The molecule has 0 amide bonds. The molecular formula is C12H9NO5S. The molecule has 1 aromatic carbocycles. The summed E-state index contributed by atoms with van der Waals surface area (Å²) in [6, 6.07) is 7.59. The van der Waals surface area contributed by atoms with Crippen molar-refractivity contribution in [2.75, 3.05) is 0 Å². The van der Waals surface area contributed by atoms with E-state index in [0.717, 1.165) is 4.90 Å². The first-order chi connectivity index (χ1) is 9.06. The summed E-state index contributed by atoms with van der Waals surface area (Å²) in [5, 5.41) is 19.2. The number of rotatable bonds is 5. The second kappa shape index (κ2) is 5.57. The maximum Gasteiger partial charge on any atom is 0.338 e. The molecule has 0 fully saturated rings. The van der Waals surface area contributed by atoms with Gasteiger partial charge in [0.05, 0.1) is 16.2 Å². The van der Waals surface area contributed by atoms with Gasteiger partial charge in [-0.1, -0.05) is 0 Å². The van der Waals surface area contributed by atoms with E-state index in [1.165, 1.54) is 36.2 Å². The van der Waals surface area contributed by atoms with E-state index in [9.17, 15) is 14.9 Å². The number of carboxylic acids is 1. The maximum absolute atomic E-state index is 10.7. The lowest BCUT2D eigenvalue weighted by atomic mass is 10.3. The van der Waals surface area contributed by atoms with Crippen LogP contribution in [0.2, 0.25) is 0 Å². The van der Waals surface area contributed by atoms with Crippen LogP contribution in [0.15, 0.2) is 45.9 Å². The SMILES string of the molecule is O=C(O)c1coc(CSc2ccc([N+](=O)[O-])cc2)c1. The summed E-state index contributed by atoms with van der Waals surface area (Å²) >= 11 is 1.41. The molecule has 1 heterocycles. The number of furan rings is 1. The van der Waals surface area contributed by atoms with Crippen LogP contribution in [0.4, 0.5) is 5.69 Å². The first-order valence-electron chi connectivity index (χ1n) is 5.24. The molecule has 1 aromatic heterocycles. The van der Waals surface area contributed by atoms with Gasteiger partial charge < -0.3 is 9.52 Å². The Morgan fingerprint density at radius 2 is 2.05 bits per heavy atom. The van der Waals surface area contributed by atoms with Gasteiger partial charge in [0, 0.05) is 17.0 Å². The fourth-order valence-corrected chi connectivity index (χ4v) is 2.18. The number of thioether (sulfide) groups is 1. The molecule has 0 atom stereocenters. The summed E-state index contributed by atoms with van der Waals surface area (Å²) in [6.45, 7) is 0. The number of hydrogen-bond acceptors (Lipinski definition) is 5. The van der Waals surface area contributed by atoms with Crippen molar-refractivity contribution >= 4 is 23.4 Å². The van der Waals surface area contributed by atoms with Gasteiger partial charge in [0.15, 0.2) is 0 Å². The zero-order chi connectivity index (χ0) is 13.8. The smallest absolute Gasteiger partial charge is 0.338 e. The first-order valence-corrected chi connectivity index (χ1v) is 6.23. The molecule has 1 N–H and O–H groups in total. The van der Waals surface area contributed by atoms with Crippen molar-refractivity contribution in [1.82, 2.24) is 0 Å². The first kappa shape index (κ1) is 13.2. The molecule has 0 aliphatic carbocycles. The minimum atomic E-state index is -1.03. The predicted molar refractivity (Wildman–Crippen MR) is 68.3 cm³/mol. The topological polar surface area (TPSA) is 93.6 Å². The van der Waals surface area contributed by atoms with E-state index in [4.69, 9.17) is 9.52 Å². The number of nitro benzene ring substituents is 1. The maximum atomic E-state index is 10.7. The molecule has 6 nitrogen and oxygen atoms in total. The number of nitro groups is 1. The standard InChI is InChI=1S/C12H9NO5S/c14-12(15)8-5-10(18-6-8)7-19-11-3-1-9(2-4-11)13(16)17/h1-6H,7H2,(H,14,15). The molecule has 2 aromatic rings. The Morgan fingerprint density at radius 1 is 1.37 bits per heavy atom. The Hall–Kier alpha value is -2.28. The summed E-state index contributed by atoms with van der Waals surface area (Å²) in [7, 11) is 0. The number of carboxylic acid groups (broad SMARTS) is 1. The van der Waals surface area contributed by atoms with E-state index in [1.807, 2.05) is 0 Å². The molecule has 0 radical (unpaired) electrons. The van der Waals surface area contributed by atoms with Crippen LogP contribution >= 0.6 is 11.8 Å². The molecule has 2 rings (SSSR count). The van der Waals surface area contributed by atoms with Crippen molar-refractivity contribution in [1.29, 1.82) is 0 Å². The van der Waals surface area contributed by atoms with Gasteiger partial charge in [0.25, 0.3) is 5.69 Å². The third-order valence-corrected chi connectivity index (χ3v) is 3.36. The summed E-state index contributed by atoms with van der Waals surface area (Å²) in [4.78, 5) is 21.5. The van der Waals surface area contributed by atoms with Gasteiger partial charge in [0.2, 0.25) is 0 Å². The van der Waals surface area contributed by atoms with Crippen molar-refractivity contribution in [2.24, 2.45) is 0 Å². The highest BCUT2D eigenvalue weighted by atomic mass is 32.2. The van der Waals surface area contributed by atoms with E-state index in [0.29, 0.717) is 11.5 Å². The second-order valence-corrected chi connectivity index (χ2v) is 4.70. The molecular weight excluding hydrogens is 270 g/mol. The van der Waals surface area contributed by atoms with E-state index in [1.54, 1.807) is 12.1 Å². The van der Waals surface area contributed by atoms with Crippen molar-refractivity contribution < 1.29 is 19.2 Å². The zero-order valence-electron chi connectivity index (χ0n) is 9.61. The molecule has 0 aliphatic rings. The molecule has 0 saturated carbocycles. The number of benzene rings is 1. The third kappa shape index (κ3) is 3.35. The molecule has 0 bridgehead atoms. The fraction of sp³-hybridized carbons (Fsp3) is 0.0833. The van der Waals surface area contributed by atoms with Crippen molar-refractivity contribution in [3.63, 3.8) is 0 Å². The number of nitrogens with zero attached hydrogens (tertiary/aromatic N) is 1. The van der Waals surface area contributed by atoms with Gasteiger partial charge in [0.1, 0.15) is 12.0 Å². The van der Waals surface area contributed by atoms with Crippen molar-refractivity contribution in [3.8, 4) is 0 Å². The minimum Gasteiger partial charge on any atom is -0.478 e. The average molecular weight is 279 g/mol. The minimum absolute atomic E-state index is 0.0375. The number of hydrogen-bond donors (Lipinski definition) is 1. The van der Waals surface area contributed by atoms with Crippen LogP contribution in [-0.2, 0) is 5.75 Å². The van der Waals surface area contributed by atoms with Crippen LogP contribution in [0.1, 0.15) is 16.1 Å². The van der Waals surface area contributed by atoms with Crippen LogP contribution in [0.5, 0.6) is 0 Å². The van der Waals surface area contributed by atoms with E-state index in [2.05, 4.69) is 0 Å². The summed E-state index contributed by atoms with van der Waals surface area (Å²) < 4.78 is 5.10. The molecule has 19 heavy (non-hydrogen) atoms. The fourth-order valence-electron chi connectivity index (χ4n) is 1.39. The lowest BCUT2D eigenvalue weighted by Crippen LogP contribution is -1.91. The Morgan fingerprint density at radius 3 is 2.58 bits per heavy atom. The van der Waals surface area contributed by atoms with Gasteiger partial charge >= 0.3 is 5.97 Å². The van der Waals surface area contributed by atoms with Gasteiger partial charge in [-0.15, -0.1) is 11.8 Å². The number of carbonyl (C=O) groups is 1. The summed E-state index contributed by atoms with van der Waals surface area (Å²) in [5.41, 5.74) is 0.148. The van der Waals surface area contributed by atoms with E-state index >= 15 is 0 Å². The van der Waals surface area contributed by atoms with Gasteiger partial charge in [-0.2, -0.15) is 0 Å². The Labute approximate surface area is 112 Å². The Bertz CT molecular complexity index is 605. The summed E-state index contributed by atoms with van der Waals surface area (Å²) in [5.74, 6) is -0.0263. The predicted octanol–water partition coefficient (Wildman–Crippen LogP) is 3.18. The van der Waals surface area contributed by atoms with Gasteiger partial charge in [-0.25, -0.2) is 4.79 Å². The van der Waals surface area contributed by atoms with Crippen LogP contribution < -0.4 is 0 Å². The van der Waals surface area contributed by atoms with E-state index < -0.39 is 10.9 Å². The number of aromatic carboxylic acids is 1. The third-order valence-electron chi connectivity index (χ3n) is 2.33. The normalized spacial score (nSPS) is 10.3. The van der Waals surface area contributed by atoms with Crippen molar-refractivity contribution in [2.45, 2.75) is 10.6 Å². The quantitative estimate of drug-likeness (QED) is 0.513. The van der Waals surface area contributed by atoms with Gasteiger partial charge in [-0.3, -0.25) is 10.1 Å². The molecule has 7 heteroatoms. The average Bonchev–Trinajstić information content (AvgIpc) is 2.86. The zero-order valence-corrected chi connectivity index (χ0v) is 10.4. The lowest BCUT2D eigenvalue weighted by Gasteiger charge is -1.98. The monoisotopic (exact) mass is 279 g/mol. The highest BCUT2D eigenvalue weighted by molar-refractivity contribution is 7.98. The van der Waals surface area contributed by atoms with E-state index in [-0.39, 0.29) is 11.3 Å². The number of non-ortho nitro benzene ring substituents is 1. The molecule has 98 valence electrons. The van der Waals surface area contributed by atoms with Gasteiger partial charge in [-0.05, 0) is 18.2 Å². The molecule has 0 unspecified atom stereocenters. The van der Waals surface area contributed by atoms with Crippen LogP contribution in [0, 0.1) is 10.1 Å².